The van der Waals surface area contributed by atoms with Crippen LogP contribution in [0.1, 0.15) is 11.1 Å². The van der Waals surface area contributed by atoms with Gasteiger partial charge in [0.25, 0.3) is 0 Å². The SMILES string of the molecule is CNCc1ccncc1Oc1cc(F)ccc1C. The summed E-state index contributed by atoms with van der Waals surface area (Å²) >= 11 is 0. The minimum absolute atomic E-state index is 0.311. The maximum Gasteiger partial charge on any atom is 0.150 e. The molecule has 94 valence electrons. The highest BCUT2D eigenvalue weighted by molar-refractivity contribution is 5.39. The third-order valence-corrected chi connectivity index (χ3v) is 2.61. The summed E-state index contributed by atoms with van der Waals surface area (Å²) in [6.07, 6.45) is 3.34. The van der Waals surface area contributed by atoms with Crippen LogP contribution in [0.2, 0.25) is 0 Å². The number of hydrogen-bond acceptors (Lipinski definition) is 3. The largest absolute Gasteiger partial charge is 0.455 e. The van der Waals surface area contributed by atoms with Crippen LogP contribution in [0.25, 0.3) is 0 Å². The Morgan fingerprint density at radius 2 is 2.11 bits per heavy atom. The van der Waals surface area contributed by atoms with Gasteiger partial charge >= 0.3 is 0 Å². The van der Waals surface area contributed by atoms with Crippen molar-refractivity contribution in [2.75, 3.05) is 7.05 Å². The van der Waals surface area contributed by atoms with Crippen LogP contribution in [-0.2, 0) is 6.54 Å². The molecule has 0 saturated carbocycles. The van der Waals surface area contributed by atoms with Crippen LogP contribution in [0.3, 0.4) is 0 Å². The molecule has 0 amide bonds. The van der Waals surface area contributed by atoms with Crippen LogP contribution in [-0.4, -0.2) is 12.0 Å². The maximum absolute atomic E-state index is 13.2. The second kappa shape index (κ2) is 5.60. The molecule has 18 heavy (non-hydrogen) atoms. The molecule has 0 fully saturated rings. The molecule has 1 heterocycles. The monoisotopic (exact) mass is 246 g/mol. The van der Waals surface area contributed by atoms with Gasteiger partial charge in [0, 0.05) is 24.4 Å². The van der Waals surface area contributed by atoms with E-state index in [-0.39, 0.29) is 5.82 Å². The molecule has 0 aliphatic carbocycles. The highest BCUT2D eigenvalue weighted by Crippen LogP contribution is 2.27. The van der Waals surface area contributed by atoms with Crippen molar-refractivity contribution in [2.45, 2.75) is 13.5 Å². The molecule has 2 aromatic rings. The molecule has 1 aromatic heterocycles. The number of halogens is 1. The van der Waals surface area contributed by atoms with Gasteiger partial charge in [0.2, 0.25) is 0 Å². The van der Waals surface area contributed by atoms with Crippen molar-refractivity contribution < 1.29 is 9.13 Å². The molecular formula is C14H15FN2O. The number of aryl methyl sites for hydroxylation is 1. The highest BCUT2D eigenvalue weighted by atomic mass is 19.1. The Morgan fingerprint density at radius 3 is 2.89 bits per heavy atom. The lowest BCUT2D eigenvalue weighted by Crippen LogP contribution is -2.06. The molecule has 0 saturated heterocycles. The standard InChI is InChI=1S/C14H15FN2O/c1-10-3-4-12(15)7-13(10)18-14-9-17-6-5-11(14)8-16-2/h3-7,9,16H,8H2,1-2H3. The third kappa shape index (κ3) is 2.84. The molecule has 0 radical (unpaired) electrons. The zero-order valence-electron chi connectivity index (χ0n) is 10.4. The molecule has 0 atom stereocenters. The smallest absolute Gasteiger partial charge is 0.150 e. The summed E-state index contributed by atoms with van der Waals surface area (Å²) in [5, 5.41) is 3.05. The van der Waals surface area contributed by atoms with Gasteiger partial charge in [-0.1, -0.05) is 6.07 Å². The molecule has 1 aromatic carbocycles. The van der Waals surface area contributed by atoms with Gasteiger partial charge in [-0.3, -0.25) is 4.98 Å². The molecule has 1 N–H and O–H groups in total. The van der Waals surface area contributed by atoms with Gasteiger partial charge in [-0.25, -0.2) is 4.39 Å². The van der Waals surface area contributed by atoms with Gasteiger partial charge in [-0.05, 0) is 31.7 Å². The first-order valence-electron chi connectivity index (χ1n) is 5.72. The lowest BCUT2D eigenvalue weighted by molar-refractivity contribution is 0.463. The molecule has 0 spiro atoms. The van der Waals surface area contributed by atoms with E-state index < -0.39 is 0 Å². The highest BCUT2D eigenvalue weighted by Gasteiger charge is 2.07. The first-order chi connectivity index (χ1) is 8.70. The van der Waals surface area contributed by atoms with E-state index >= 15 is 0 Å². The molecule has 3 nitrogen and oxygen atoms in total. The van der Waals surface area contributed by atoms with E-state index in [2.05, 4.69) is 10.3 Å². The number of nitrogens with one attached hydrogen (secondary N) is 1. The van der Waals surface area contributed by atoms with Gasteiger partial charge in [-0.2, -0.15) is 0 Å². The average Bonchev–Trinajstić information content (AvgIpc) is 2.36. The molecule has 0 bridgehead atoms. The summed E-state index contributed by atoms with van der Waals surface area (Å²) in [6, 6.07) is 6.37. The summed E-state index contributed by atoms with van der Waals surface area (Å²) in [4.78, 5) is 4.03. The van der Waals surface area contributed by atoms with E-state index in [1.54, 1.807) is 18.5 Å². The van der Waals surface area contributed by atoms with Crippen molar-refractivity contribution >= 4 is 0 Å². The summed E-state index contributed by atoms with van der Waals surface area (Å²) in [7, 11) is 1.86. The summed E-state index contributed by atoms with van der Waals surface area (Å²) in [5.41, 5.74) is 1.87. The third-order valence-electron chi connectivity index (χ3n) is 2.61. The van der Waals surface area contributed by atoms with Crippen molar-refractivity contribution in [3.63, 3.8) is 0 Å². The predicted octanol–water partition coefficient (Wildman–Crippen LogP) is 3.04. The van der Waals surface area contributed by atoms with Crippen LogP contribution in [0.4, 0.5) is 4.39 Å². The van der Waals surface area contributed by atoms with Crippen molar-refractivity contribution in [1.82, 2.24) is 10.3 Å². The molecule has 2 rings (SSSR count). The fourth-order valence-electron chi connectivity index (χ4n) is 1.64. The van der Waals surface area contributed by atoms with Crippen LogP contribution in [0.15, 0.2) is 36.7 Å². The molecule has 0 unspecified atom stereocenters. The van der Waals surface area contributed by atoms with E-state index in [9.17, 15) is 4.39 Å². The Morgan fingerprint density at radius 1 is 1.28 bits per heavy atom. The Labute approximate surface area is 106 Å². The van der Waals surface area contributed by atoms with Crippen LogP contribution in [0, 0.1) is 12.7 Å². The average molecular weight is 246 g/mol. The summed E-state index contributed by atoms with van der Waals surface area (Å²) in [6.45, 7) is 2.55. The molecule has 0 aliphatic rings. The second-order valence-corrected chi connectivity index (χ2v) is 4.03. The fraction of sp³-hybridized carbons (Fsp3) is 0.214. The topological polar surface area (TPSA) is 34.2 Å². The predicted molar refractivity (Wildman–Crippen MR) is 68.2 cm³/mol. The minimum Gasteiger partial charge on any atom is -0.455 e. The second-order valence-electron chi connectivity index (χ2n) is 4.03. The molecule has 0 aliphatic heterocycles. The van der Waals surface area contributed by atoms with Gasteiger partial charge in [0.05, 0.1) is 6.20 Å². The van der Waals surface area contributed by atoms with Crippen molar-refractivity contribution in [1.29, 1.82) is 0 Å². The first kappa shape index (κ1) is 12.5. The van der Waals surface area contributed by atoms with Crippen molar-refractivity contribution in [2.24, 2.45) is 0 Å². The quantitative estimate of drug-likeness (QED) is 0.900. The molecule has 4 heteroatoms. The van der Waals surface area contributed by atoms with Gasteiger partial charge in [-0.15, -0.1) is 0 Å². The number of benzene rings is 1. The van der Waals surface area contributed by atoms with Gasteiger partial charge in [0.15, 0.2) is 0 Å². The number of aromatic nitrogens is 1. The number of hydrogen-bond donors (Lipinski definition) is 1. The lowest BCUT2D eigenvalue weighted by atomic mass is 10.2. The number of pyridine rings is 1. The summed E-state index contributed by atoms with van der Waals surface area (Å²) in [5.74, 6) is 0.843. The first-order valence-corrected chi connectivity index (χ1v) is 5.72. The van der Waals surface area contributed by atoms with Crippen LogP contribution < -0.4 is 10.1 Å². The zero-order valence-corrected chi connectivity index (χ0v) is 10.4. The Bertz CT molecular complexity index is 543. The maximum atomic E-state index is 13.2. The number of ether oxygens (including phenoxy) is 1. The zero-order chi connectivity index (χ0) is 13.0. The van der Waals surface area contributed by atoms with E-state index in [1.165, 1.54) is 12.1 Å². The normalized spacial score (nSPS) is 10.4. The Hall–Kier alpha value is -1.94. The lowest BCUT2D eigenvalue weighted by Gasteiger charge is -2.12. The Balaban J connectivity index is 2.30. The summed E-state index contributed by atoms with van der Waals surface area (Å²) < 4.78 is 18.9. The van der Waals surface area contributed by atoms with Gasteiger partial charge in [0.1, 0.15) is 17.3 Å². The van der Waals surface area contributed by atoms with E-state index in [1.807, 2.05) is 20.0 Å². The molecular weight excluding hydrogens is 231 g/mol. The Kier molecular flexibility index (Phi) is 3.89. The van der Waals surface area contributed by atoms with Crippen molar-refractivity contribution in [3.05, 3.63) is 53.6 Å². The minimum atomic E-state index is -0.311. The van der Waals surface area contributed by atoms with E-state index in [4.69, 9.17) is 4.74 Å². The van der Waals surface area contributed by atoms with Gasteiger partial charge < -0.3 is 10.1 Å². The van der Waals surface area contributed by atoms with Crippen LogP contribution in [0.5, 0.6) is 11.5 Å². The number of nitrogens with zero attached hydrogens (tertiary/aromatic N) is 1. The fourth-order valence-corrected chi connectivity index (χ4v) is 1.64. The van der Waals surface area contributed by atoms with E-state index in [0.717, 1.165) is 11.1 Å². The van der Waals surface area contributed by atoms with E-state index in [0.29, 0.717) is 18.0 Å². The van der Waals surface area contributed by atoms with Crippen molar-refractivity contribution in [3.8, 4) is 11.5 Å². The van der Waals surface area contributed by atoms with Crippen LogP contribution >= 0.6 is 0 Å². The number of rotatable bonds is 4.